The maximum absolute atomic E-state index is 9.84. The van der Waals surface area contributed by atoms with Crippen molar-refractivity contribution in [1.29, 1.82) is 0 Å². The molecule has 13 heavy (non-hydrogen) atoms. The Morgan fingerprint density at radius 1 is 1.00 bits per heavy atom. The average Bonchev–Trinajstić information content (AvgIpc) is 2.06. The minimum absolute atomic E-state index is 0. The number of rotatable bonds is 2. The van der Waals surface area contributed by atoms with Gasteiger partial charge in [-0.25, -0.2) is 9.59 Å². The Bertz CT molecular complexity index is 346. The first-order chi connectivity index (χ1) is 5.86. The van der Waals surface area contributed by atoms with E-state index in [1.165, 1.54) is 18.2 Å². The first kappa shape index (κ1) is 11.3. The number of benzene rings is 1. The predicted molar refractivity (Wildman–Crippen MR) is 49.3 cm³/mol. The van der Waals surface area contributed by atoms with Crippen LogP contribution < -0.4 is 0 Å². The van der Waals surface area contributed by atoms with Gasteiger partial charge >= 0.3 is 0 Å². The Labute approximate surface area is 80.4 Å². The van der Waals surface area contributed by atoms with E-state index in [0.717, 1.165) is 0 Å². The third kappa shape index (κ3) is 3.45. The standard InChI is InChI=1S/C8H4N2O2.ClH/c11-5-9-7-2-1-3-8(4-7)10-6-12;/h1-4H;1H. The third-order valence-corrected chi connectivity index (χ3v) is 1.18. The Balaban J connectivity index is 0.00000144. The van der Waals surface area contributed by atoms with Crippen LogP contribution in [-0.4, -0.2) is 12.2 Å². The highest BCUT2D eigenvalue weighted by atomic mass is 35.5. The lowest BCUT2D eigenvalue weighted by atomic mass is 10.3. The molecule has 0 saturated carbocycles. The molecular weight excluding hydrogens is 192 g/mol. The Kier molecular flexibility index (Phi) is 5.08. The zero-order chi connectivity index (χ0) is 8.81. The molecule has 0 fully saturated rings. The van der Waals surface area contributed by atoms with Gasteiger partial charge < -0.3 is 0 Å². The number of nitrogens with zero attached hydrogens (tertiary/aromatic N) is 2. The number of hydrogen-bond donors (Lipinski definition) is 0. The van der Waals surface area contributed by atoms with E-state index in [1.54, 1.807) is 18.2 Å². The molecule has 0 N–H and O–H groups in total. The minimum Gasteiger partial charge on any atom is -0.211 e. The zero-order valence-corrected chi connectivity index (χ0v) is 7.25. The van der Waals surface area contributed by atoms with Gasteiger partial charge in [-0.3, -0.25) is 0 Å². The van der Waals surface area contributed by atoms with Crippen molar-refractivity contribution < 1.29 is 9.59 Å². The fourth-order valence-electron chi connectivity index (χ4n) is 0.738. The van der Waals surface area contributed by atoms with E-state index in [4.69, 9.17) is 0 Å². The summed E-state index contributed by atoms with van der Waals surface area (Å²) in [5, 5.41) is 0. The van der Waals surface area contributed by atoms with Crippen LogP contribution in [0, 0.1) is 0 Å². The second-order valence-electron chi connectivity index (χ2n) is 1.93. The second-order valence-corrected chi connectivity index (χ2v) is 1.93. The van der Waals surface area contributed by atoms with E-state index in [0.29, 0.717) is 11.4 Å². The van der Waals surface area contributed by atoms with Crippen LogP contribution in [0.3, 0.4) is 0 Å². The quantitative estimate of drug-likeness (QED) is 0.537. The largest absolute Gasteiger partial charge is 0.240 e. The Hall–Kier alpha value is -1.73. The molecular formula is C8H5ClN2O2. The Morgan fingerprint density at radius 3 is 1.85 bits per heavy atom. The summed E-state index contributed by atoms with van der Waals surface area (Å²) < 4.78 is 0. The second kappa shape index (κ2) is 5.86. The molecule has 0 radical (unpaired) electrons. The maximum Gasteiger partial charge on any atom is 0.240 e. The molecule has 1 aromatic rings. The van der Waals surface area contributed by atoms with Gasteiger partial charge in [-0.15, -0.1) is 12.4 Å². The molecule has 1 rings (SSSR count). The summed E-state index contributed by atoms with van der Waals surface area (Å²) in [5.74, 6) is 0. The van der Waals surface area contributed by atoms with E-state index < -0.39 is 0 Å². The van der Waals surface area contributed by atoms with Gasteiger partial charge in [-0.1, -0.05) is 6.07 Å². The molecule has 0 unspecified atom stereocenters. The van der Waals surface area contributed by atoms with Gasteiger partial charge in [0.15, 0.2) is 0 Å². The van der Waals surface area contributed by atoms with Crippen LogP contribution in [0.4, 0.5) is 11.4 Å². The molecule has 5 heteroatoms. The average molecular weight is 197 g/mol. The summed E-state index contributed by atoms with van der Waals surface area (Å²) in [6, 6.07) is 6.32. The molecule has 4 nitrogen and oxygen atoms in total. The summed E-state index contributed by atoms with van der Waals surface area (Å²) in [6.07, 6.45) is 2.78. The van der Waals surface area contributed by atoms with Crippen molar-refractivity contribution in [3.05, 3.63) is 24.3 Å². The highest BCUT2D eigenvalue weighted by molar-refractivity contribution is 5.85. The SMILES string of the molecule is Cl.O=C=Nc1cccc(N=C=O)c1. The number of halogens is 1. The molecule has 0 aliphatic rings. The lowest BCUT2D eigenvalue weighted by Gasteiger charge is -1.90. The van der Waals surface area contributed by atoms with Gasteiger partial charge in [0, 0.05) is 0 Å². The zero-order valence-electron chi connectivity index (χ0n) is 6.43. The highest BCUT2D eigenvalue weighted by Crippen LogP contribution is 2.18. The van der Waals surface area contributed by atoms with Crippen LogP contribution in [0.15, 0.2) is 34.3 Å². The molecule has 66 valence electrons. The molecule has 0 saturated heterocycles. The van der Waals surface area contributed by atoms with Crippen LogP contribution in [0.2, 0.25) is 0 Å². The highest BCUT2D eigenvalue weighted by Gasteiger charge is 1.90. The van der Waals surface area contributed by atoms with Crippen molar-refractivity contribution in [2.45, 2.75) is 0 Å². The van der Waals surface area contributed by atoms with Crippen LogP contribution in [0.5, 0.6) is 0 Å². The predicted octanol–water partition coefficient (Wildman–Crippen LogP) is 2.04. The molecule has 0 amide bonds. The van der Waals surface area contributed by atoms with Crippen molar-refractivity contribution in [3.8, 4) is 0 Å². The molecule has 0 atom stereocenters. The Morgan fingerprint density at radius 2 is 1.46 bits per heavy atom. The molecule has 0 aliphatic heterocycles. The van der Waals surface area contributed by atoms with Gasteiger partial charge in [0.05, 0.1) is 11.4 Å². The smallest absolute Gasteiger partial charge is 0.211 e. The molecule has 0 bridgehead atoms. The molecule has 0 aromatic heterocycles. The molecule has 1 aromatic carbocycles. The fourth-order valence-corrected chi connectivity index (χ4v) is 0.738. The number of isocyanates is 2. The van der Waals surface area contributed by atoms with Gasteiger partial charge in [0.1, 0.15) is 0 Å². The van der Waals surface area contributed by atoms with Crippen molar-refractivity contribution in [2.24, 2.45) is 9.98 Å². The van der Waals surface area contributed by atoms with E-state index >= 15 is 0 Å². The minimum atomic E-state index is 0. The monoisotopic (exact) mass is 196 g/mol. The number of aliphatic imine (C=N–C) groups is 2. The summed E-state index contributed by atoms with van der Waals surface area (Å²) in [7, 11) is 0. The fraction of sp³-hybridized carbons (Fsp3) is 0. The normalized spacial score (nSPS) is 7.38. The van der Waals surface area contributed by atoms with Crippen LogP contribution in [0.1, 0.15) is 0 Å². The number of hydrogen-bond acceptors (Lipinski definition) is 4. The lowest BCUT2D eigenvalue weighted by molar-refractivity contribution is 0.565. The molecule has 0 aliphatic carbocycles. The van der Waals surface area contributed by atoms with Crippen LogP contribution in [-0.2, 0) is 9.59 Å². The molecule has 0 heterocycles. The lowest BCUT2D eigenvalue weighted by Crippen LogP contribution is -1.64. The van der Waals surface area contributed by atoms with Gasteiger partial charge in [-0.2, -0.15) is 9.98 Å². The maximum atomic E-state index is 9.84. The first-order valence-electron chi connectivity index (χ1n) is 3.12. The van der Waals surface area contributed by atoms with Gasteiger partial charge in [0.25, 0.3) is 0 Å². The van der Waals surface area contributed by atoms with E-state index in [1.807, 2.05) is 0 Å². The van der Waals surface area contributed by atoms with E-state index in [9.17, 15) is 9.59 Å². The summed E-state index contributed by atoms with van der Waals surface area (Å²) in [5.41, 5.74) is 0.836. The van der Waals surface area contributed by atoms with Crippen molar-refractivity contribution in [3.63, 3.8) is 0 Å². The van der Waals surface area contributed by atoms with E-state index in [2.05, 4.69) is 9.98 Å². The van der Waals surface area contributed by atoms with Crippen molar-refractivity contribution in [1.82, 2.24) is 0 Å². The molecule has 0 spiro atoms. The van der Waals surface area contributed by atoms with Crippen molar-refractivity contribution >= 4 is 35.9 Å². The summed E-state index contributed by atoms with van der Waals surface area (Å²) in [4.78, 5) is 26.4. The third-order valence-electron chi connectivity index (χ3n) is 1.18. The van der Waals surface area contributed by atoms with Crippen molar-refractivity contribution in [2.75, 3.05) is 0 Å². The van der Waals surface area contributed by atoms with Crippen LogP contribution >= 0.6 is 12.4 Å². The number of carbonyl (C=O) groups excluding carboxylic acids is 2. The van der Waals surface area contributed by atoms with Gasteiger partial charge in [-0.05, 0) is 18.2 Å². The van der Waals surface area contributed by atoms with Crippen LogP contribution in [0.25, 0.3) is 0 Å². The summed E-state index contributed by atoms with van der Waals surface area (Å²) >= 11 is 0. The van der Waals surface area contributed by atoms with Gasteiger partial charge in [0.2, 0.25) is 12.2 Å². The topological polar surface area (TPSA) is 58.9 Å². The first-order valence-corrected chi connectivity index (χ1v) is 3.12. The van der Waals surface area contributed by atoms with E-state index in [-0.39, 0.29) is 12.4 Å². The summed E-state index contributed by atoms with van der Waals surface area (Å²) in [6.45, 7) is 0.